The lowest BCUT2D eigenvalue weighted by Gasteiger charge is -2.28. The van der Waals surface area contributed by atoms with Gasteiger partial charge in [-0.15, -0.1) is 12.4 Å². The number of rotatable bonds is 7. The Bertz CT molecular complexity index is 343. The van der Waals surface area contributed by atoms with Crippen LogP contribution < -0.4 is 0 Å². The van der Waals surface area contributed by atoms with Crippen molar-refractivity contribution >= 4 is 12.4 Å². The smallest absolute Gasteiger partial charge is 0.190 e. The van der Waals surface area contributed by atoms with E-state index in [-0.39, 0.29) is 25.1 Å². The third-order valence-corrected chi connectivity index (χ3v) is 3.65. The number of aliphatic hydroxyl groups excluding tert-OH is 2. The molecule has 0 radical (unpaired) electrons. The predicted molar refractivity (Wildman–Crippen MR) is 81.9 cm³/mol. The molecule has 8 heteroatoms. The fraction of sp³-hybridized carbons (Fsp3) is 1.00. The molecule has 7 nitrogen and oxygen atoms in total. The van der Waals surface area contributed by atoms with Crippen molar-refractivity contribution < 1.29 is 29.2 Å². The SMILES string of the molecule is CN(C)CCCOC1C(C(O)CO)OC2OC(C)(C)O[C@@H]21.Cl. The van der Waals surface area contributed by atoms with E-state index in [2.05, 4.69) is 4.90 Å². The Labute approximate surface area is 137 Å². The molecule has 2 aliphatic rings. The molecule has 2 aliphatic heterocycles. The summed E-state index contributed by atoms with van der Waals surface area (Å²) in [6.45, 7) is 4.70. The first kappa shape index (κ1) is 20.1. The maximum absolute atomic E-state index is 9.88. The summed E-state index contributed by atoms with van der Waals surface area (Å²) in [7, 11) is 4.01. The molecule has 22 heavy (non-hydrogen) atoms. The van der Waals surface area contributed by atoms with Crippen molar-refractivity contribution in [1.82, 2.24) is 4.90 Å². The van der Waals surface area contributed by atoms with Gasteiger partial charge in [0.1, 0.15) is 24.4 Å². The number of fused-ring (bicyclic) bond motifs is 1. The Balaban J connectivity index is 0.00000242. The van der Waals surface area contributed by atoms with Crippen LogP contribution in [-0.4, -0.2) is 85.5 Å². The summed E-state index contributed by atoms with van der Waals surface area (Å²) in [4.78, 5) is 2.08. The lowest BCUT2D eigenvalue weighted by atomic mass is 10.1. The Morgan fingerprint density at radius 1 is 1.27 bits per heavy atom. The number of nitrogens with zero attached hydrogens (tertiary/aromatic N) is 1. The normalized spacial score (nSPS) is 34.5. The fourth-order valence-corrected chi connectivity index (χ4v) is 2.71. The first-order valence-corrected chi connectivity index (χ1v) is 7.40. The van der Waals surface area contributed by atoms with Gasteiger partial charge in [-0.2, -0.15) is 0 Å². The topological polar surface area (TPSA) is 80.6 Å². The first-order chi connectivity index (χ1) is 9.84. The molecule has 0 bridgehead atoms. The van der Waals surface area contributed by atoms with E-state index < -0.39 is 30.4 Å². The predicted octanol–water partition coefficient (Wildman–Crippen LogP) is -0.0253. The van der Waals surface area contributed by atoms with Crippen molar-refractivity contribution in [3.63, 3.8) is 0 Å². The highest BCUT2D eigenvalue weighted by Crippen LogP contribution is 2.39. The minimum Gasteiger partial charge on any atom is -0.394 e. The molecule has 0 aromatic heterocycles. The highest BCUT2D eigenvalue weighted by molar-refractivity contribution is 5.85. The van der Waals surface area contributed by atoms with E-state index >= 15 is 0 Å². The zero-order valence-corrected chi connectivity index (χ0v) is 14.4. The molecule has 0 saturated carbocycles. The Morgan fingerprint density at radius 3 is 2.55 bits per heavy atom. The van der Waals surface area contributed by atoms with Crippen LogP contribution in [0.2, 0.25) is 0 Å². The molecule has 2 N–H and O–H groups in total. The van der Waals surface area contributed by atoms with Crippen molar-refractivity contribution in [2.75, 3.05) is 33.9 Å². The van der Waals surface area contributed by atoms with Crippen LogP contribution in [0, 0.1) is 0 Å². The summed E-state index contributed by atoms with van der Waals surface area (Å²) < 4.78 is 23.0. The number of halogens is 1. The summed E-state index contributed by atoms with van der Waals surface area (Å²) in [5, 5.41) is 19.0. The van der Waals surface area contributed by atoms with Crippen LogP contribution in [-0.2, 0) is 18.9 Å². The van der Waals surface area contributed by atoms with Crippen LogP contribution in [0.5, 0.6) is 0 Å². The average molecular weight is 342 g/mol. The standard InChI is InChI=1S/C14H27NO6.ClH/c1-14(2)20-12-11(18-7-5-6-15(3)4)10(9(17)8-16)19-13(12)21-14;/h9-13,16-17H,5-8H2,1-4H3;1H/t9?,10?,11?,12-,13?;/m1./s1. The maximum Gasteiger partial charge on any atom is 0.190 e. The van der Waals surface area contributed by atoms with Crippen molar-refractivity contribution in [2.24, 2.45) is 0 Å². The molecule has 0 amide bonds. The quantitative estimate of drug-likeness (QED) is 0.630. The maximum atomic E-state index is 9.88. The van der Waals surface area contributed by atoms with Crippen LogP contribution in [0.15, 0.2) is 0 Å². The molecule has 2 fully saturated rings. The van der Waals surface area contributed by atoms with Gasteiger partial charge in [0.2, 0.25) is 0 Å². The second-order valence-corrected chi connectivity index (χ2v) is 6.31. The molecule has 2 heterocycles. The fourth-order valence-electron chi connectivity index (χ4n) is 2.71. The van der Waals surface area contributed by atoms with Gasteiger partial charge < -0.3 is 34.1 Å². The van der Waals surface area contributed by atoms with E-state index in [0.717, 1.165) is 13.0 Å². The summed E-state index contributed by atoms with van der Waals surface area (Å²) in [5.41, 5.74) is 0. The van der Waals surface area contributed by atoms with Gasteiger partial charge in [0.15, 0.2) is 12.1 Å². The van der Waals surface area contributed by atoms with Crippen LogP contribution in [0.25, 0.3) is 0 Å². The molecule has 2 rings (SSSR count). The summed E-state index contributed by atoms with van der Waals surface area (Å²) in [5.74, 6) is -0.726. The van der Waals surface area contributed by atoms with Crippen molar-refractivity contribution in [3.8, 4) is 0 Å². The molecule has 0 spiro atoms. The van der Waals surface area contributed by atoms with Crippen LogP contribution in [0.3, 0.4) is 0 Å². The average Bonchev–Trinajstić information content (AvgIpc) is 2.86. The van der Waals surface area contributed by atoms with E-state index in [9.17, 15) is 5.11 Å². The monoisotopic (exact) mass is 341 g/mol. The Hall–Kier alpha value is 0.01000. The third-order valence-electron chi connectivity index (χ3n) is 3.65. The van der Waals surface area contributed by atoms with Gasteiger partial charge in [-0.25, -0.2) is 0 Å². The summed E-state index contributed by atoms with van der Waals surface area (Å²) >= 11 is 0. The van der Waals surface area contributed by atoms with Gasteiger partial charge in [0, 0.05) is 6.61 Å². The Morgan fingerprint density at radius 2 is 1.95 bits per heavy atom. The van der Waals surface area contributed by atoms with Gasteiger partial charge in [-0.05, 0) is 40.9 Å². The molecule has 132 valence electrons. The van der Waals surface area contributed by atoms with E-state index in [1.165, 1.54) is 0 Å². The number of ether oxygens (including phenoxy) is 4. The largest absolute Gasteiger partial charge is 0.394 e. The van der Waals surface area contributed by atoms with Crippen LogP contribution in [0.1, 0.15) is 20.3 Å². The van der Waals surface area contributed by atoms with E-state index in [0.29, 0.717) is 6.61 Å². The molecule has 2 saturated heterocycles. The number of aliphatic hydroxyl groups is 2. The van der Waals surface area contributed by atoms with E-state index in [1.54, 1.807) is 0 Å². The van der Waals surface area contributed by atoms with Crippen molar-refractivity contribution in [2.45, 2.75) is 56.8 Å². The lowest BCUT2D eigenvalue weighted by Crippen LogP contribution is -2.44. The summed E-state index contributed by atoms with van der Waals surface area (Å²) in [6.07, 6.45) is -2.17. The van der Waals surface area contributed by atoms with Gasteiger partial charge in [0.05, 0.1) is 6.61 Å². The lowest BCUT2D eigenvalue weighted by molar-refractivity contribution is -0.231. The molecule has 0 aliphatic carbocycles. The Kier molecular flexibility index (Phi) is 7.48. The third kappa shape index (κ3) is 4.75. The minimum absolute atomic E-state index is 0. The zero-order valence-electron chi connectivity index (χ0n) is 13.6. The van der Waals surface area contributed by atoms with Gasteiger partial charge in [-0.1, -0.05) is 0 Å². The molecular weight excluding hydrogens is 314 g/mol. The van der Waals surface area contributed by atoms with Crippen molar-refractivity contribution in [1.29, 1.82) is 0 Å². The van der Waals surface area contributed by atoms with Crippen LogP contribution in [0.4, 0.5) is 0 Å². The molecule has 0 aromatic rings. The second kappa shape index (κ2) is 8.21. The highest BCUT2D eigenvalue weighted by atomic mass is 35.5. The van der Waals surface area contributed by atoms with Gasteiger partial charge in [0.25, 0.3) is 0 Å². The first-order valence-electron chi connectivity index (χ1n) is 7.40. The van der Waals surface area contributed by atoms with Gasteiger partial charge >= 0.3 is 0 Å². The molecule has 0 aromatic carbocycles. The van der Waals surface area contributed by atoms with Gasteiger partial charge in [-0.3, -0.25) is 0 Å². The van der Waals surface area contributed by atoms with Crippen LogP contribution >= 0.6 is 12.4 Å². The molecular formula is C14H28ClNO6. The van der Waals surface area contributed by atoms with E-state index in [4.69, 9.17) is 24.1 Å². The number of hydrogen-bond donors (Lipinski definition) is 2. The molecule has 5 atom stereocenters. The molecule has 4 unspecified atom stereocenters. The zero-order chi connectivity index (χ0) is 15.6. The van der Waals surface area contributed by atoms with Crippen molar-refractivity contribution in [3.05, 3.63) is 0 Å². The van der Waals surface area contributed by atoms with E-state index in [1.807, 2.05) is 27.9 Å². The number of hydrogen-bond acceptors (Lipinski definition) is 7. The highest BCUT2D eigenvalue weighted by Gasteiger charge is 2.56. The summed E-state index contributed by atoms with van der Waals surface area (Å²) in [6, 6.07) is 0. The second-order valence-electron chi connectivity index (χ2n) is 6.31. The minimum atomic E-state index is -1.01.